The van der Waals surface area contributed by atoms with Gasteiger partial charge in [-0.25, -0.2) is 9.97 Å². The Bertz CT molecular complexity index is 842. The second-order valence-electron chi connectivity index (χ2n) is 5.90. The largest absolute Gasteiger partial charge is 0.464 e. The van der Waals surface area contributed by atoms with Gasteiger partial charge in [0.2, 0.25) is 0 Å². The third-order valence-electron chi connectivity index (χ3n) is 4.43. The van der Waals surface area contributed by atoms with Crippen LogP contribution in [0.15, 0.2) is 28.0 Å². The Morgan fingerprint density at radius 2 is 2.12 bits per heavy atom. The first kappa shape index (κ1) is 15.6. The van der Waals surface area contributed by atoms with Crippen molar-refractivity contribution < 1.29 is 9.15 Å². The number of fused-ring (bicyclic) bond motifs is 1. The van der Waals surface area contributed by atoms with Crippen molar-refractivity contribution in [1.82, 2.24) is 9.97 Å². The van der Waals surface area contributed by atoms with Crippen LogP contribution in [0.3, 0.4) is 0 Å². The summed E-state index contributed by atoms with van der Waals surface area (Å²) in [5.74, 6) is 3.85. The quantitative estimate of drug-likeness (QED) is 0.717. The second-order valence-corrected chi connectivity index (χ2v) is 6.79. The monoisotopic (exact) mass is 343 g/mol. The summed E-state index contributed by atoms with van der Waals surface area (Å²) < 4.78 is 11.8. The molecule has 1 aliphatic rings. The molecule has 4 heterocycles. The first-order chi connectivity index (χ1) is 11.8. The van der Waals surface area contributed by atoms with Crippen molar-refractivity contribution in [3.8, 4) is 0 Å². The minimum absolute atomic E-state index is 0.0572. The van der Waals surface area contributed by atoms with Gasteiger partial charge in [0.1, 0.15) is 34.0 Å². The Balaban J connectivity index is 1.79. The fourth-order valence-electron chi connectivity index (χ4n) is 3.12. The summed E-state index contributed by atoms with van der Waals surface area (Å²) in [7, 11) is 0. The lowest BCUT2D eigenvalue weighted by Crippen LogP contribution is -2.40. The number of morpholine rings is 1. The molecule has 1 unspecified atom stereocenters. The molecule has 6 heteroatoms. The zero-order valence-electron chi connectivity index (χ0n) is 14.0. The maximum Gasteiger partial charge on any atom is 0.141 e. The standard InChI is InChI=1S/C18H21N3O2S/c1-3-12-5-6-15(23-12)14-11-22-9-8-21(14)17-13-7-10-24-18(13)20-16(4-2)19-17/h5-7,10,14H,3-4,8-9,11H2,1-2H3. The molecule has 126 valence electrons. The lowest BCUT2D eigenvalue weighted by molar-refractivity contribution is 0.0870. The van der Waals surface area contributed by atoms with E-state index in [9.17, 15) is 0 Å². The number of furan rings is 1. The minimum atomic E-state index is 0.0572. The molecule has 4 rings (SSSR count). The van der Waals surface area contributed by atoms with E-state index in [1.165, 1.54) is 0 Å². The first-order valence-corrected chi connectivity index (χ1v) is 9.35. The van der Waals surface area contributed by atoms with Gasteiger partial charge in [0.25, 0.3) is 0 Å². The van der Waals surface area contributed by atoms with E-state index >= 15 is 0 Å². The smallest absolute Gasteiger partial charge is 0.141 e. The fraction of sp³-hybridized carbons (Fsp3) is 0.444. The molecule has 0 aliphatic carbocycles. The molecule has 24 heavy (non-hydrogen) atoms. The molecule has 1 atom stereocenters. The lowest BCUT2D eigenvalue weighted by atomic mass is 10.1. The zero-order valence-corrected chi connectivity index (χ0v) is 14.8. The maximum absolute atomic E-state index is 6.01. The van der Waals surface area contributed by atoms with E-state index in [1.807, 2.05) is 0 Å². The topological polar surface area (TPSA) is 51.4 Å². The van der Waals surface area contributed by atoms with Crippen LogP contribution in [0, 0.1) is 0 Å². The number of hydrogen-bond acceptors (Lipinski definition) is 6. The van der Waals surface area contributed by atoms with Crippen LogP contribution >= 0.6 is 11.3 Å². The van der Waals surface area contributed by atoms with Crippen molar-refractivity contribution in [2.45, 2.75) is 32.7 Å². The van der Waals surface area contributed by atoms with Crippen LogP contribution in [0.2, 0.25) is 0 Å². The van der Waals surface area contributed by atoms with Gasteiger partial charge < -0.3 is 14.1 Å². The SMILES string of the molecule is CCc1nc(N2CCOCC2c2ccc(CC)o2)c2ccsc2n1. The predicted octanol–water partition coefficient (Wildman–Crippen LogP) is 3.99. The van der Waals surface area contributed by atoms with Crippen molar-refractivity contribution in [3.63, 3.8) is 0 Å². The molecule has 1 fully saturated rings. The average Bonchev–Trinajstić information content (AvgIpc) is 3.29. The summed E-state index contributed by atoms with van der Waals surface area (Å²) in [5, 5.41) is 3.20. The molecular weight excluding hydrogens is 322 g/mol. The summed E-state index contributed by atoms with van der Waals surface area (Å²) in [6.07, 6.45) is 1.73. The van der Waals surface area contributed by atoms with Crippen molar-refractivity contribution in [2.24, 2.45) is 0 Å². The van der Waals surface area contributed by atoms with Crippen molar-refractivity contribution in [2.75, 3.05) is 24.7 Å². The number of hydrogen-bond donors (Lipinski definition) is 0. The molecule has 0 radical (unpaired) electrons. The first-order valence-electron chi connectivity index (χ1n) is 8.47. The van der Waals surface area contributed by atoms with Gasteiger partial charge in [0, 0.05) is 19.4 Å². The number of nitrogens with zero attached hydrogens (tertiary/aromatic N) is 3. The molecule has 3 aromatic rings. The molecule has 3 aromatic heterocycles. The number of ether oxygens (including phenoxy) is 1. The van der Waals surface area contributed by atoms with Gasteiger partial charge in [-0.3, -0.25) is 0 Å². The van der Waals surface area contributed by atoms with Gasteiger partial charge in [-0.1, -0.05) is 13.8 Å². The molecule has 1 saturated heterocycles. The van der Waals surface area contributed by atoms with E-state index in [0.717, 1.165) is 52.8 Å². The molecule has 0 bridgehead atoms. The third-order valence-corrected chi connectivity index (χ3v) is 5.23. The van der Waals surface area contributed by atoms with Crippen LogP contribution in [-0.4, -0.2) is 29.7 Å². The van der Waals surface area contributed by atoms with Gasteiger partial charge in [-0.05, 0) is 23.6 Å². The van der Waals surface area contributed by atoms with Crippen molar-refractivity contribution >= 4 is 27.4 Å². The summed E-state index contributed by atoms with van der Waals surface area (Å²) in [5.41, 5.74) is 0. The van der Waals surface area contributed by atoms with Crippen LogP contribution in [0.4, 0.5) is 5.82 Å². The second kappa shape index (κ2) is 6.53. The van der Waals surface area contributed by atoms with E-state index in [2.05, 4.69) is 47.3 Å². The lowest BCUT2D eigenvalue weighted by Gasteiger charge is -2.35. The Kier molecular flexibility index (Phi) is 4.24. The van der Waals surface area contributed by atoms with Crippen molar-refractivity contribution in [1.29, 1.82) is 0 Å². The van der Waals surface area contributed by atoms with Gasteiger partial charge in [-0.15, -0.1) is 11.3 Å². The summed E-state index contributed by atoms with van der Waals surface area (Å²) in [4.78, 5) is 12.9. The predicted molar refractivity (Wildman–Crippen MR) is 95.8 cm³/mol. The van der Waals surface area contributed by atoms with E-state index < -0.39 is 0 Å². The third kappa shape index (κ3) is 2.70. The normalized spacial score (nSPS) is 18.4. The Morgan fingerprint density at radius 3 is 2.92 bits per heavy atom. The highest BCUT2D eigenvalue weighted by Gasteiger charge is 2.30. The Hall–Kier alpha value is -1.92. The van der Waals surface area contributed by atoms with E-state index in [0.29, 0.717) is 13.2 Å². The van der Waals surface area contributed by atoms with E-state index in [1.54, 1.807) is 11.3 Å². The summed E-state index contributed by atoms with van der Waals surface area (Å²) in [6, 6.07) is 6.29. The molecule has 0 amide bonds. The van der Waals surface area contributed by atoms with Crippen LogP contribution < -0.4 is 4.90 Å². The molecule has 0 spiro atoms. The van der Waals surface area contributed by atoms with E-state index in [-0.39, 0.29) is 6.04 Å². The van der Waals surface area contributed by atoms with Gasteiger partial charge in [0.15, 0.2) is 0 Å². The molecule has 1 aliphatic heterocycles. The molecule has 0 aromatic carbocycles. The number of thiophene rings is 1. The highest BCUT2D eigenvalue weighted by molar-refractivity contribution is 7.16. The Morgan fingerprint density at radius 1 is 1.21 bits per heavy atom. The number of anilines is 1. The van der Waals surface area contributed by atoms with Crippen LogP contribution in [0.25, 0.3) is 10.2 Å². The summed E-state index contributed by atoms with van der Waals surface area (Å²) in [6.45, 7) is 6.32. The fourth-order valence-corrected chi connectivity index (χ4v) is 3.89. The molecular formula is C18H21N3O2S. The number of aromatic nitrogens is 2. The zero-order chi connectivity index (χ0) is 16.5. The number of aryl methyl sites for hydroxylation is 2. The molecule has 5 nitrogen and oxygen atoms in total. The van der Waals surface area contributed by atoms with Crippen molar-refractivity contribution in [3.05, 3.63) is 40.9 Å². The highest BCUT2D eigenvalue weighted by Crippen LogP contribution is 2.35. The maximum atomic E-state index is 6.01. The Labute approximate surface area is 145 Å². The van der Waals surface area contributed by atoms with Gasteiger partial charge in [-0.2, -0.15) is 0 Å². The van der Waals surface area contributed by atoms with Gasteiger partial charge >= 0.3 is 0 Å². The molecule has 0 N–H and O–H groups in total. The summed E-state index contributed by atoms with van der Waals surface area (Å²) >= 11 is 1.67. The minimum Gasteiger partial charge on any atom is -0.464 e. The van der Waals surface area contributed by atoms with E-state index in [4.69, 9.17) is 14.1 Å². The van der Waals surface area contributed by atoms with Crippen LogP contribution in [0.5, 0.6) is 0 Å². The number of rotatable bonds is 4. The van der Waals surface area contributed by atoms with Crippen LogP contribution in [0.1, 0.15) is 37.2 Å². The average molecular weight is 343 g/mol. The molecule has 0 saturated carbocycles. The van der Waals surface area contributed by atoms with Gasteiger partial charge in [0.05, 0.1) is 18.6 Å². The van der Waals surface area contributed by atoms with Crippen LogP contribution in [-0.2, 0) is 17.6 Å². The highest BCUT2D eigenvalue weighted by atomic mass is 32.1.